The second-order valence-corrected chi connectivity index (χ2v) is 8.24. The van der Waals surface area contributed by atoms with Crippen LogP contribution < -0.4 is 10.2 Å². The molecular weight excluding hydrogens is 499 g/mol. The van der Waals surface area contributed by atoms with E-state index in [1.165, 1.54) is 0 Å². The molecular formula is C22H26O4PdS2. The Morgan fingerprint density at radius 1 is 0.724 bits per heavy atom. The smallest absolute Gasteiger partial charge is 0.545 e. The van der Waals surface area contributed by atoms with Crippen molar-refractivity contribution in [3.63, 3.8) is 0 Å². The molecule has 0 saturated carbocycles. The van der Waals surface area contributed by atoms with Gasteiger partial charge in [0.15, 0.2) is 0 Å². The molecule has 0 radical (unpaired) electrons. The minimum Gasteiger partial charge on any atom is -0.545 e. The number of unbranched alkanes of at least 4 members (excludes halogenated alkanes) is 2. The summed E-state index contributed by atoms with van der Waals surface area (Å²) in [6, 6.07) is 14.0. The molecule has 4 nitrogen and oxygen atoms in total. The van der Waals surface area contributed by atoms with Gasteiger partial charge in [0.25, 0.3) is 0 Å². The van der Waals surface area contributed by atoms with Crippen molar-refractivity contribution >= 4 is 35.5 Å². The van der Waals surface area contributed by atoms with Crippen LogP contribution in [0.1, 0.15) is 60.2 Å². The Bertz CT molecular complexity index is 690. The monoisotopic (exact) mass is 524 g/mol. The molecule has 0 aliphatic rings. The fourth-order valence-corrected chi connectivity index (χ4v) is 4.44. The SMILES string of the molecule is CCCCSc1ccccc1C(=O)[O-].CCCCSc1ccccc1C(=O)[O-].[Pd+2]. The topological polar surface area (TPSA) is 80.3 Å². The van der Waals surface area contributed by atoms with Crippen LogP contribution >= 0.6 is 23.5 Å². The maximum absolute atomic E-state index is 10.7. The number of hydrogen-bond acceptors (Lipinski definition) is 6. The van der Waals surface area contributed by atoms with E-state index in [9.17, 15) is 19.8 Å². The summed E-state index contributed by atoms with van der Waals surface area (Å²) in [6.45, 7) is 4.23. The summed E-state index contributed by atoms with van der Waals surface area (Å²) in [6.07, 6.45) is 4.46. The van der Waals surface area contributed by atoms with Crippen molar-refractivity contribution in [3.8, 4) is 0 Å². The van der Waals surface area contributed by atoms with Crippen LogP contribution in [-0.4, -0.2) is 23.4 Å². The van der Waals surface area contributed by atoms with Gasteiger partial charge in [-0.05, 0) is 36.5 Å². The Balaban J connectivity index is 0.000000523. The molecule has 0 N–H and O–H groups in total. The second kappa shape index (κ2) is 16.5. The van der Waals surface area contributed by atoms with Crippen molar-refractivity contribution in [3.05, 3.63) is 59.7 Å². The van der Waals surface area contributed by atoms with Gasteiger partial charge in [-0.3, -0.25) is 0 Å². The first-order valence-electron chi connectivity index (χ1n) is 9.37. The first-order chi connectivity index (χ1) is 13.5. The average Bonchev–Trinajstić information content (AvgIpc) is 2.69. The van der Waals surface area contributed by atoms with E-state index in [1.54, 1.807) is 47.8 Å². The minimum atomic E-state index is -1.09. The fraction of sp³-hybridized carbons (Fsp3) is 0.364. The van der Waals surface area contributed by atoms with Gasteiger partial charge in [0.2, 0.25) is 0 Å². The van der Waals surface area contributed by atoms with Gasteiger partial charge >= 0.3 is 20.4 Å². The largest absolute Gasteiger partial charge is 2.00 e. The number of hydrogen-bond donors (Lipinski definition) is 0. The Kier molecular flexibility index (Phi) is 15.8. The minimum absolute atomic E-state index is 0. The van der Waals surface area contributed by atoms with Crippen molar-refractivity contribution in [2.75, 3.05) is 11.5 Å². The summed E-state index contributed by atoms with van der Waals surface area (Å²) in [5, 5.41) is 21.5. The van der Waals surface area contributed by atoms with Gasteiger partial charge in [-0.15, -0.1) is 23.5 Å². The molecule has 0 fully saturated rings. The van der Waals surface area contributed by atoms with Crippen molar-refractivity contribution < 1.29 is 40.2 Å². The molecule has 2 rings (SSSR count). The molecule has 0 aliphatic heterocycles. The first-order valence-corrected chi connectivity index (χ1v) is 11.3. The summed E-state index contributed by atoms with van der Waals surface area (Å²) in [5.41, 5.74) is 0.599. The molecule has 0 bridgehead atoms. The van der Waals surface area contributed by atoms with E-state index in [0.717, 1.165) is 47.0 Å². The van der Waals surface area contributed by atoms with Gasteiger partial charge in [0.1, 0.15) is 0 Å². The van der Waals surface area contributed by atoms with Crippen molar-refractivity contribution in [2.45, 2.75) is 49.3 Å². The summed E-state index contributed by atoms with van der Waals surface area (Å²) in [4.78, 5) is 23.1. The van der Waals surface area contributed by atoms with Crippen LogP contribution in [0, 0.1) is 0 Å². The number of carbonyl (C=O) groups excluding carboxylic acids is 2. The molecule has 2 aromatic carbocycles. The summed E-state index contributed by atoms with van der Waals surface area (Å²) < 4.78 is 0. The second-order valence-electron chi connectivity index (χ2n) is 5.97. The van der Waals surface area contributed by atoms with E-state index in [-0.39, 0.29) is 20.4 Å². The van der Waals surface area contributed by atoms with Crippen LogP contribution in [-0.2, 0) is 20.4 Å². The van der Waals surface area contributed by atoms with Gasteiger partial charge in [-0.2, -0.15) is 0 Å². The molecule has 0 aliphatic carbocycles. The van der Waals surface area contributed by atoms with Crippen LogP contribution in [0.5, 0.6) is 0 Å². The number of carboxylic acids is 2. The molecule has 0 amide bonds. The van der Waals surface area contributed by atoms with Crippen molar-refractivity contribution in [1.82, 2.24) is 0 Å². The molecule has 29 heavy (non-hydrogen) atoms. The fourth-order valence-electron chi connectivity index (χ4n) is 2.18. The standard InChI is InChI=1S/2C11H14O2S.Pd/c2*1-2-3-8-14-10-7-5-4-6-9(10)11(12)13;/h2*4-7H,2-3,8H2,1H3,(H,12,13);/q;;+2/p-2. The Labute approximate surface area is 195 Å². The zero-order valence-electron chi connectivity index (χ0n) is 16.6. The predicted octanol–water partition coefficient (Wildman–Crippen LogP) is 3.88. The first kappa shape index (κ1) is 27.7. The number of aromatic carboxylic acids is 2. The van der Waals surface area contributed by atoms with Gasteiger partial charge in [-0.25, -0.2) is 0 Å². The van der Waals surface area contributed by atoms with Gasteiger partial charge < -0.3 is 19.8 Å². The summed E-state index contributed by atoms with van der Waals surface area (Å²) in [5.74, 6) is -0.268. The molecule has 0 atom stereocenters. The van der Waals surface area contributed by atoms with Gasteiger partial charge in [0, 0.05) is 20.9 Å². The van der Waals surface area contributed by atoms with E-state index in [2.05, 4.69) is 13.8 Å². The molecule has 0 saturated heterocycles. The van der Waals surface area contributed by atoms with Crippen molar-refractivity contribution in [1.29, 1.82) is 0 Å². The van der Waals surface area contributed by atoms with Crippen LogP contribution in [0.2, 0.25) is 0 Å². The molecule has 7 heteroatoms. The average molecular weight is 525 g/mol. The Morgan fingerprint density at radius 3 is 1.38 bits per heavy atom. The Hall–Kier alpha value is -1.26. The van der Waals surface area contributed by atoms with Gasteiger partial charge in [0.05, 0.1) is 11.9 Å². The quantitative estimate of drug-likeness (QED) is 0.266. The molecule has 0 aromatic heterocycles. The maximum Gasteiger partial charge on any atom is 2.00 e. The summed E-state index contributed by atoms with van der Waals surface area (Å²) in [7, 11) is 0. The molecule has 0 spiro atoms. The van der Waals surface area contributed by atoms with Gasteiger partial charge in [-0.1, -0.05) is 63.1 Å². The third-order valence-electron chi connectivity index (χ3n) is 3.72. The summed E-state index contributed by atoms with van der Waals surface area (Å²) >= 11 is 3.16. The molecule has 2 aromatic rings. The third-order valence-corrected chi connectivity index (χ3v) is 6.04. The zero-order chi connectivity index (χ0) is 20.8. The van der Waals surface area contributed by atoms with E-state index >= 15 is 0 Å². The molecule has 0 heterocycles. The van der Waals surface area contributed by atoms with Crippen LogP contribution in [0.25, 0.3) is 0 Å². The third kappa shape index (κ3) is 10.9. The number of rotatable bonds is 10. The molecule has 160 valence electrons. The van der Waals surface area contributed by atoms with Crippen LogP contribution in [0.3, 0.4) is 0 Å². The normalized spacial score (nSPS) is 9.72. The van der Waals surface area contributed by atoms with E-state index in [1.807, 2.05) is 24.3 Å². The number of benzene rings is 2. The van der Waals surface area contributed by atoms with E-state index in [4.69, 9.17) is 0 Å². The number of carbonyl (C=O) groups is 2. The van der Waals surface area contributed by atoms with Crippen LogP contribution in [0.15, 0.2) is 58.3 Å². The Morgan fingerprint density at radius 2 is 1.07 bits per heavy atom. The number of thioether (sulfide) groups is 2. The van der Waals surface area contributed by atoms with E-state index in [0.29, 0.717) is 11.1 Å². The predicted molar refractivity (Wildman–Crippen MR) is 113 cm³/mol. The maximum atomic E-state index is 10.7. The van der Waals surface area contributed by atoms with Crippen LogP contribution in [0.4, 0.5) is 0 Å². The van der Waals surface area contributed by atoms with Crippen molar-refractivity contribution in [2.24, 2.45) is 0 Å². The molecule has 0 unspecified atom stereocenters. The number of carboxylic acid groups (broad SMARTS) is 2. The van der Waals surface area contributed by atoms with E-state index < -0.39 is 11.9 Å². The zero-order valence-corrected chi connectivity index (χ0v) is 19.8.